The summed E-state index contributed by atoms with van der Waals surface area (Å²) < 4.78 is 0. The van der Waals surface area contributed by atoms with Crippen LogP contribution < -0.4 is 16.0 Å². The van der Waals surface area contributed by atoms with Crippen LogP contribution in [-0.4, -0.2) is 29.9 Å². The molecule has 24 heavy (non-hydrogen) atoms. The summed E-state index contributed by atoms with van der Waals surface area (Å²) in [5.74, 6) is -0.480. The molecule has 0 saturated carbocycles. The molecule has 130 valence electrons. The van der Waals surface area contributed by atoms with Gasteiger partial charge in [-0.05, 0) is 30.7 Å². The molecule has 0 spiro atoms. The Kier molecular flexibility index (Phi) is 5.59. The Morgan fingerprint density at radius 2 is 1.92 bits per heavy atom. The zero-order valence-electron chi connectivity index (χ0n) is 14.4. The van der Waals surface area contributed by atoms with Crippen LogP contribution >= 0.6 is 0 Å². The van der Waals surface area contributed by atoms with E-state index in [4.69, 9.17) is 0 Å². The summed E-state index contributed by atoms with van der Waals surface area (Å²) >= 11 is 0. The minimum atomic E-state index is -0.612. The highest BCUT2D eigenvalue weighted by molar-refractivity contribution is 6.04. The Labute approximate surface area is 142 Å². The highest BCUT2D eigenvalue weighted by Gasteiger charge is 2.30. The molecule has 1 aromatic carbocycles. The van der Waals surface area contributed by atoms with E-state index in [1.54, 1.807) is 0 Å². The zero-order chi connectivity index (χ0) is 17.7. The van der Waals surface area contributed by atoms with Gasteiger partial charge >= 0.3 is 6.03 Å². The first-order valence-electron chi connectivity index (χ1n) is 8.24. The lowest BCUT2D eigenvalue weighted by molar-refractivity contribution is -0.122. The van der Waals surface area contributed by atoms with E-state index in [-0.39, 0.29) is 29.7 Å². The minimum absolute atomic E-state index is 0.0136. The number of amides is 4. The normalized spacial score (nSPS) is 18.7. The lowest BCUT2D eigenvalue weighted by Gasteiger charge is -2.29. The predicted octanol–water partition coefficient (Wildman–Crippen LogP) is 1.85. The molecular formula is C18H25N3O3. The second-order valence-corrected chi connectivity index (χ2v) is 6.98. The monoisotopic (exact) mass is 331 g/mol. The molecule has 0 bridgehead atoms. The van der Waals surface area contributed by atoms with E-state index < -0.39 is 12.1 Å². The molecule has 1 aromatic rings. The number of hydrogen-bond donors (Lipinski definition) is 3. The van der Waals surface area contributed by atoms with Gasteiger partial charge < -0.3 is 10.6 Å². The second kappa shape index (κ2) is 7.47. The van der Waals surface area contributed by atoms with Gasteiger partial charge in [-0.2, -0.15) is 0 Å². The first kappa shape index (κ1) is 18.0. The maximum Gasteiger partial charge on any atom is 0.322 e. The maximum absolute atomic E-state index is 12.1. The molecule has 2 atom stereocenters. The van der Waals surface area contributed by atoms with Gasteiger partial charge in [0.1, 0.15) is 6.04 Å². The molecule has 4 amide bonds. The molecule has 1 saturated heterocycles. The van der Waals surface area contributed by atoms with Gasteiger partial charge in [-0.1, -0.05) is 44.2 Å². The van der Waals surface area contributed by atoms with Crippen molar-refractivity contribution in [3.63, 3.8) is 0 Å². The molecule has 1 aliphatic heterocycles. The number of benzene rings is 1. The highest BCUT2D eigenvalue weighted by atomic mass is 16.2. The summed E-state index contributed by atoms with van der Waals surface area (Å²) in [6, 6.07) is 9.11. The summed E-state index contributed by atoms with van der Waals surface area (Å²) in [7, 11) is 0. The van der Waals surface area contributed by atoms with E-state index in [0.29, 0.717) is 6.42 Å². The van der Waals surface area contributed by atoms with E-state index >= 15 is 0 Å². The first-order chi connectivity index (χ1) is 11.3. The molecule has 1 aliphatic rings. The number of hydrogen-bond acceptors (Lipinski definition) is 3. The molecule has 6 nitrogen and oxygen atoms in total. The van der Waals surface area contributed by atoms with E-state index in [0.717, 1.165) is 6.42 Å². The van der Waals surface area contributed by atoms with Crippen LogP contribution in [0, 0.1) is 0 Å². The van der Waals surface area contributed by atoms with E-state index in [9.17, 15) is 14.4 Å². The fourth-order valence-electron chi connectivity index (χ4n) is 3.11. The fourth-order valence-corrected chi connectivity index (χ4v) is 3.11. The Morgan fingerprint density at radius 3 is 2.50 bits per heavy atom. The van der Waals surface area contributed by atoms with Crippen molar-refractivity contribution in [2.24, 2.45) is 0 Å². The summed E-state index contributed by atoms with van der Waals surface area (Å²) in [5, 5.41) is 7.62. The third-order valence-electron chi connectivity index (χ3n) is 4.30. The lowest BCUT2D eigenvalue weighted by atomic mass is 9.79. The number of rotatable bonds is 7. The van der Waals surface area contributed by atoms with Crippen molar-refractivity contribution in [3.05, 3.63) is 35.9 Å². The van der Waals surface area contributed by atoms with E-state index in [2.05, 4.69) is 41.9 Å². The molecule has 6 heteroatoms. The van der Waals surface area contributed by atoms with Gasteiger partial charge in [0.2, 0.25) is 5.91 Å². The molecule has 0 aliphatic carbocycles. The van der Waals surface area contributed by atoms with Crippen molar-refractivity contribution >= 4 is 17.8 Å². The molecule has 1 heterocycles. The van der Waals surface area contributed by atoms with Gasteiger partial charge in [0.05, 0.1) is 0 Å². The smallest absolute Gasteiger partial charge is 0.322 e. The van der Waals surface area contributed by atoms with Crippen LogP contribution in [0.1, 0.15) is 45.6 Å². The molecule has 0 aromatic heterocycles. The van der Waals surface area contributed by atoms with Gasteiger partial charge in [-0.3, -0.25) is 14.9 Å². The molecule has 1 fully saturated rings. The van der Waals surface area contributed by atoms with Crippen molar-refractivity contribution in [3.8, 4) is 0 Å². The number of carbonyl (C=O) groups excluding carboxylic acids is 3. The summed E-state index contributed by atoms with van der Waals surface area (Å²) in [4.78, 5) is 34.5. The summed E-state index contributed by atoms with van der Waals surface area (Å²) in [5.41, 5.74) is 1.18. The van der Waals surface area contributed by atoms with Crippen molar-refractivity contribution in [1.29, 1.82) is 0 Å². The Bertz CT molecular complexity index is 613. The molecule has 3 N–H and O–H groups in total. The van der Waals surface area contributed by atoms with E-state index in [1.807, 2.05) is 25.1 Å². The number of imide groups is 1. The van der Waals surface area contributed by atoms with Crippen LogP contribution in [0.15, 0.2) is 30.3 Å². The zero-order valence-corrected chi connectivity index (χ0v) is 14.4. The van der Waals surface area contributed by atoms with Crippen LogP contribution in [0.5, 0.6) is 0 Å². The van der Waals surface area contributed by atoms with Crippen molar-refractivity contribution in [2.45, 2.75) is 57.5 Å². The molecule has 0 radical (unpaired) electrons. The van der Waals surface area contributed by atoms with Gasteiger partial charge in [-0.15, -0.1) is 0 Å². The Morgan fingerprint density at radius 1 is 1.25 bits per heavy atom. The average molecular weight is 331 g/mol. The van der Waals surface area contributed by atoms with Crippen LogP contribution in [0.25, 0.3) is 0 Å². The molecule has 0 unspecified atom stereocenters. The largest absolute Gasteiger partial charge is 0.354 e. The van der Waals surface area contributed by atoms with Crippen molar-refractivity contribution in [2.75, 3.05) is 0 Å². The topological polar surface area (TPSA) is 87.3 Å². The minimum Gasteiger partial charge on any atom is -0.354 e. The second-order valence-electron chi connectivity index (χ2n) is 6.98. The van der Waals surface area contributed by atoms with E-state index in [1.165, 1.54) is 5.56 Å². The first-order valence-corrected chi connectivity index (χ1v) is 8.24. The maximum atomic E-state index is 12.1. The highest BCUT2D eigenvalue weighted by Crippen LogP contribution is 2.28. The predicted molar refractivity (Wildman–Crippen MR) is 91.4 cm³/mol. The third kappa shape index (κ3) is 4.81. The van der Waals surface area contributed by atoms with Crippen molar-refractivity contribution in [1.82, 2.24) is 16.0 Å². The van der Waals surface area contributed by atoms with Gasteiger partial charge in [0.25, 0.3) is 5.91 Å². The molecule has 2 rings (SSSR count). The van der Waals surface area contributed by atoms with Gasteiger partial charge in [0.15, 0.2) is 0 Å². The Balaban J connectivity index is 1.79. The molecular weight excluding hydrogens is 306 g/mol. The number of urea groups is 1. The van der Waals surface area contributed by atoms with Crippen molar-refractivity contribution < 1.29 is 14.4 Å². The van der Waals surface area contributed by atoms with Crippen LogP contribution in [-0.2, 0) is 15.0 Å². The number of nitrogens with one attached hydrogen (secondary N) is 3. The van der Waals surface area contributed by atoms with Crippen LogP contribution in [0.2, 0.25) is 0 Å². The third-order valence-corrected chi connectivity index (χ3v) is 4.30. The summed E-state index contributed by atoms with van der Waals surface area (Å²) in [6.45, 7) is 6.29. The number of carbonyl (C=O) groups is 3. The summed E-state index contributed by atoms with van der Waals surface area (Å²) in [6.07, 6.45) is 1.32. The average Bonchev–Trinajstić information content (AvgIpc) is 2.83. The fraction of sp³-hybridized carbons (Fsp3) is 0.500. The quantitative estimate of drug-likeness (QED) is 0.666. The van der Waals surface area contributed by atoms with Crippen LogP contribution in [0.4, 0.5) is 4.79 Å². The van der Waals surface area contributed by atoms with Gasteiger partial charge in [0, 0.05) is 12.5 Å². The Hall–Kier alpha value is -2.37. The van der Waals surface area contributed by atoms with Crippen LogP contribution in [0.3, 0.4) is 0 Å². The van der Waals surface area contributed by atoms with Gasteiger partial charge in [-0.25, -0.2) is 4.79 Å². The standard InChI is InChI=1S/C18H25N3O3/c1-12(11-18(2,3)13-7-5-4-6-8-13)19-15(22)10-9-14-16(23)21-17(24)20-14/h4-8,12,14H,9-11H2,1-3H3,(H,19,22)(H2,20,21,23,24)/t12-,14+/m0/s1. The lowest BCUT2D eigenvalue weighted by Crippen LogP contribution is -2.38. The SMILES string of the molecule is C[C@@H](CC(C)(C)c1ccccc1)NC(=O)CC[C@H]1NC(=O)NC1=O.